The standard InChI is InChI=1S/C32H36N2O/c35-28-14-15-30-26(22-28)8-4-9-29(24-6-2-1-3-7-24)31(30)25-10-12-27(13-11-25)34-20-5-16-32(18-21-34)17-19-33-23-32/h1-3,6-7,10-15,22,33,35H,4-5,8-9,16-21,23H2. The van der Waals surface area contributed by atoms with E-state index in [9.17, 15) is 5.11 Å². The number of hydrogen-bond donors (Lipinski definition) is 2. The Morgan fingerprint density at radius 3 is 2.43 bits per heavy atom. The second-order valence-corrected chi connectivity index (χ2v) is 10.7. The summed E-state index contributed by atoms with van der Waals surface area (Å²) in [6.45, 7) is 4.69. The zero-order valence-corrected chi connectivity index (χ0v) is 20.6. The number of benzene rings is 3. The van der Waals surface area contributed by atoms with Gasteiger partial charge in [-0.15, -0.1) is 0 Å². The summed E-state index contributed by atoms with van der Waals surface area (Å²) in [7, 11) is 0. The first-order valence-electron chi connectivity index (χ1n) is 13.4. The Bertz CT molecular complexity index is 1210. The largest absolute Gasteiger partial charge is 0.508 e. The Morgan fingerprint density at radius 1 is 0.771 bits per heavy atom. The number of hydrogen-bond acceptors (Lipinski definition) is 3. The van der Waals surface area contributed by atoms with E-state index in [-0.39, 0.29) is 0 Å². The van der Waals surface area contributed by atoms with Crippen LogP contribution in [0.5, 0.6) is 5.75 Å². The molecule has 3 heteroatoms. The first kappa shape index (κ1) is 22.4. The summed E-state index contributed by atoms with van der Waals surface area (Å²) in [5.74, 6) is 0.359. The summed E-state index contributed by atoms with van der Waals surface area (Å²) >= 11 is 0. The molecule has 1 spiro atoms. The van der Waals surface area contributed by atoms with E-state index in [4.69, 9.17) is 0 Å². The predicted molar refractivity (Wildman–Crippen MR) is 146 cm³/mol. The maximum atomic E-state index is 10.2. The van der Waals surface area contributed by atoms with Gasteiger partial charge in [0.05, 0.1) is 0 Å². The third-order valence-corrected chi connectivity index (χ3v) is 8.56. The number of nitrogens with zero attached hydrogens (tertiary/aromatic N) is 1. The van der Waals surface area contributed by atoms with Crippen molar-refractivity contribution in [2.24, 2.45) is 5.41 Å². The first-order valence-corrected chi connectivity index (χ1v) is 13.4. The summed E-state index contributed by atoms with van der Waals surface area (Å²) in [6.07, 6.45) is 8.39. The van der Waals surface area contributed by atoms with Gasteiger partial charge in [-0.05, 0) is 115 Å². The van der Waals surface area contributed by atoms with Gasteiger partial charge in [0.15, 0.2) is 0 Å². The molecule has 2 saturated heterocycles. The second-order valence-electron chi connectivity index (χ2n) is 10.7. The number of rotatable bonds is 3. The number of phenols is 1. The minimum atomic E-state index is 0.359. The lowest BCUT2D eigenvalue weighted by Gasteiger charge is -2.27. The molecule has 2 aliphatic heterocycles. The highest BCUT2D eigenvalue weighted by molar-refractivity contribution is 6.00. The van der Waals surface area contributed by atoms with Crippen LogP contribution in [0.25, 0.3) is 11.1 Å². The van der Waals surface area contributed by atoms with E-state index in [1.165, 1.54) is 77.9 Å². The average molecular weight is 465 g/mol. The molecule has 1 unspecified atom stereocenters. The number of anilines is 1. The van der Waals surface area contributed by atoms with Crippen molar-refractivity contribution in [1.29, 1.82) is 0 Å². The summed E-state index contributed by atoms with van der Waals surface area (Å²) in [5, 5.41) is 13.8. The van der Waals surface area contributed by atoms with Crippen molar-refractivity contribution in [3.05, 3.63) is 95.1 Å². The molecule has 1 aliphatic carbocycles. The SMILES string of the molecule is Oc1ccc2c(c1)CCCC(c1ccccc1)=C2c1ccc(N2CCCC3(CCNC3)CC2)cc1. The van der Waals surface area contributed by atoms with Gasteiger partial charge in [0.2, 0.25) is 0 Å². The van der Waals surface area contributed by atoms with Crippen molar-refractivity contribution in [2.75, 3.05) is 31.1 Å². The van der Waals surface area contributed by atoms with Gasteiger partial charge in [0.25, 0.3) is 0 Å². The highest BCUT2D eigenvalue weighted by Gasteiger charge is 2.35. The van der Waals surface area contributed by atoms with E-state index < -0.39 is 0 Å². The molecule has 3 aromatic rings. The van der Waals surface area contributed by atoms with Crippen molar-refractivity contribution in [3.8, 4) is 5.75 Å². The van der Waals surface area contributed by atoms with Crippen LogP contribution in [-0.4, -0.2) is 31.3 Å². The minimum absolute atomic E-state index is 0.359. The van der Waals surface area contributed by atoms with Crippen molar-refractivity contribution < 1.29 is 5.11 Å². The Morgan fingerprint density at radius 2 is 1.63 bits per heavy atom. The average Bonchev–Trinajstić information content (AvgIpc) is 3.14. The molecule has 2 N–H and O–H groups in total. The maximum absolute atomic E-state index is 10.2. The van der Waals surface area contributed by atoms with Crippen LogP contribution in [0.2, 0.25) is 0 Å². The molecule has 3 aromatic carbocycles. The Balaban J connectivity index is 1.36. The normalized spacial score (nSPS) is 22.7. The van der Waals surface area contributed by atoms with Gasteiger partial charge < -0.3 is 15.3 Å². The lowest BCUT2D eigenvalue weighted by molar-refractivity contribution is 0.286. The molecule has 0 saturated carbocycles. The van der Waals surface area contributed by atoms with Crippen LogP contribution in [0.1, 0.15) is 60.8 Å². The van der Waals surface area contributed by atoms with E-state index in [1.54, 1.807) is 0 Å². The predicted octanol–water partition coefficient (Wildman–Crippen LogP) is 6.66. The van der Waals surface area contributed by atoms with Crippen LogP contribution in [-0.2, 0) is 6.42 Å². The van der Waals surface area contributed by atoms with E-state index in [2.05, 4.69) is 70.9 Å². The monoisotopic (exact) mass is 464 g/mol. The van der Waals surface area contributed by atoms with Crippen LogP contribution in [0, 0.1) is 5.41 Å². The van der Waals surface area contributed by atoms with Crippen LogP contribution in [0.3, 0.4) is 0 Å². The third kappa shape index (κ3) is 4.50. The summed E-state index contributed by atoms with van der Waals surface area (Å²) in [5.41, 5.74) is 9.69. The summed E-state index contributed by atoms with van der Waals surface area (Å²) in [4.78, 5) is 2.60. The van der Waals surface area contributed by atoms with Gasteiger partial charge in [0.1, 0.15) is 5.75 Å². The molecule has 2 heterocycles. The molecule has 0 amide bonds. The van der Waals surface area contributed by atoms with E-state index in [0.29, 0.717) is 11.2 Å². The molecule has 1 atom stereocenters. The Kier molecular flexibility index (Phi) is 6.12. The fourth-order valence-corrected chi connectivity index (χ4v) is 6.61. The number of aryl methyl sites for hydroxylation is 1. The molecule has 0 radical (unpaired) electrons. The Labute approximate surface area is 209 Å². The zero-order valence-electron chi connectivity index (χ0n) is 20.6. The molecule has 0 aromatic heterocycles. The van der Waals surface area contributed by atoms with Crippen LogP contribution in [0.4, 0.5) is 5.69 Å². The fraction of sp³-hybridized carbons (Fsp3) is 0.375. The first-order chi connectivity index (χ1) is 17.2. The summed E-state index contributed by atoms with van der Waals surface area (Å²) < 4.78 is 0. The molecule has 2 fully saturated rings. The number of nitrogens with one attached hydrogen (secondary N) is 1. The molecule has 6 rings (SSSR count). The molecular formula is C32H36N2O. The molecule has 180 valence electrons. The van der Waals surface area contributed by atoms with Crippen molar-refractivity contribution in [2.45, 2.75) is 44.9 Å². The van der Waals surface area contributed by atoms with Crippen LogP contribution < -0.4 is 10.2 Å². The topological polar surface area (TPSA) is 35.5 Å². The quantitative estimate of drug-likeness (QED) is 0.455. The highest BCUT2D eigenvalue weighted by atomic mass is 16.3. The minimum Gasteiger partial charge on any atom is -0.508 e. The van der Waals surface area contributed by atoms with Gasteiger partial charge >= 0.3 is 0 Å². The number of aromatic hydroxyl groups is 1. The smallest absolute Gasteiger partial charge is 0.115 e. The number of phenolic OH excluding ortho intramolecular Hbond substituents is 1. The number of fused-ring (bicyclic) bond motifs is 1. The molecule has 35 heavy (non-hydrogen) atoms. The van der Waals surface area contributed by atoms with E-state index >= 15 is 0 Å². The lowest BCUT2D eigenvalue weighted by Crippen LogP contribution is -2.28. The highest BCUT2D eigenvalue weighted by Crippen LogP contribution is 2.42. The van der Waals surface area contributed by atoms with Gasteiger partial charge in [-0.1, -0.05) is 48.5 Å². The van der Waals surface area contributed by atoms with Gasteiger partial charge in [-0.3, -0.25) is 0 Å². The summed E-state index contributed by atoms with van der Waals surface area (Å²) in [6, 6.07) is 26.1. The fourth-order valence-electron chi connectivity index (χ4n) is 6.61. The maximum Gasteiger partial charge on any atom is 0.115 e. The molecule has 0 bridgehead atoms. The zero-order chi connectivity index (χ0) is 23.7. The van der Waals surface area contributed by atoms with Crippen LogP contribution in [0.15, 0.2) is 72.8 Å². The molecule has 3 nitrogen and oxygen atoms in total. The van der Waals surface area contributed by atoms with Crippen molar-refractivity contribution >= 4 is 16.8 Å². The lowest BCUT2D eigenvalue weighted by atomic mass is 9.80. The Hall–Kier alpha value is -3.04. The van der Waals surface area contributed by atoms with Gasteiger partial charge in [0, 0.05) is 25.3 Å². The third-order valence-electron chi connectivity index (χ3n) is 8.56. The molecular weight excluding hydrogens is 428 g/mol. The van der Waals surface area contributed by atoms with E-state index in [0.717, 1.165) is 32.4 Å². The van der Waals surface area contributed by atoms with Crippen LogP contribution >= 0.6 is 0 Å². The second kappa shape index (κ2) is 9.54. The molecule has 3 aliphatic rings. The van der Waals surface area contributed by atoms with E-state index in [1.807, 2.05) is 12.1 Å². The van der Waals surface area contributed by atoms with Crippen molar-refractivity contribution in [3.63, 3.8) is 0 Å². The number of allylic oxidation sites excluding steroid dienone is 1. The van der Waals surface area contributed by atoms with Gasteiger partial charge in [-0.25, -0.2) is 0 Å². The van der Waals surface area contributed by atoms with Gasteiger partial charge in [-0.2, -0.15) is 0 Å². The van der Waals surface area contributed by atoms with Crippen molar-refractivity contribution in [1.82, 2.24) is 5.32 Å².